The minimum atomic E-state index is -1.52. The zero-order chi connectivity index (χ0) is 31.7. The number of aliphatic hydroxyl groups is 6. The number of nitrogens with two attached hydrogens (primary N) is 7. The Morgan fingerprint density at radius 2 is 1.07 bits per heavy atom. The molecule has 43 heavy (non-hydrogen) atoms. The largest absolute Gasteiger partial charge is 0.394 e. The highest BCUT2D eigenvalue weighted by Crippen LogP contribution is 2.32. The Morgan fingerprint density at radius 3 is 1.65 bits per heavy atom. The number of ether oxygens (including phenoxy) is 6. The van der Waals surface area contributed by atoms with Crippen LogP contribution in [-0.4, -0.2) is 167 Å². The summed E-state index contributed by atoms with van der Waals surface area (Å²) < 4.78 is 34.9. The molecule has 0 aromatic carbocycles. The van der Waals surface area contributed by atoms with Crippen LogP contribution in [0.4, 0.5) is 0 Å². The van der Waals surface area contributed by atoms with Crippen LogP contribution >= 0.6 is 0 Å². The maximum atomic E-state index is 11.3. The number of hydrogen-bond acceptors (Lipinski definition) is 19. The molecule has 3 aliphatic heterocycles. The monoisotopic (exact) mass is 627 g/mol. The van der Waals surface area contributed by atoms with E-state index >= 15 is 0 Å². The van der Waals surface area contributed by atoms with Gasteiger partial charge in [-0.2, -0.15) is 0 Å². The average molecular weight is 628 g/mol. The van der Waals surface area contributed by atoms with Crippen LogP contribution in [0.25, 0.3) is 0 Å². The summed E-state index contributed by atoms with van der Waals surface area (Å²) in [5.41, 5.74) is 42.4. The summed E-state index contributed by atoms with van der Waals surface area (Å²) in [6.45, 7) is -0.776. The van der Waals surface area contributed by atoms with Crippen LogP contribution in [0.15, 0.2) is 0 Å². The molecule has 0 bridgehead atoms. The van der Waals surface area contributed by atoms with Crippen LogP contribution in [0.3, 0.4) is 0 Å². The molecule has 0 aromatic rings. The minimum Gasteiger partial charge on any atom is -0.394 e. The lowest BCUT2D eigenvalue weighted by Gasteiger charge is -2.49. The predicted molar refractivity (Wildman–Crippen MR) is 145 cm³/mol. The smallest absolute Gasteiger partial charge is 0.186 e. The fourth-order valence-corrected chi connectivity index (χ4v) is 6.00. The first-order chi connectivity index (χ1) is 20.3. The molecule has 252 valence electrons. The molecule has 0 amide bonds. The van der Waals surface area contributed by atoms with Crippen molar-refractivity contribution in [2.45, 2.75) is 129 Å². The Hall–Kier alpha value is -0.760. The van der Waals surface area contributed by atoms with Crippen LogP contribution in [0.2, 0.25) is 0 Å². The van der Waals surface area contributed by atoms with E-state index in [1.807, 2.05) is 0 Å². The van der Waals surface area contributed by atoms with Gasteiger partial charge < -0.3 is 99.2 Å². The van der Waals surface area contributed by atoms with E-state index in [1.54, 1.807) is 0 Å². The summed E-state index contributed by atoms with van der Waals surface area (Å²) in [6, 6.07) is -4.74. The lowest BCUT2D eigenvalue weighted by Crippen LogP contribution is -2.70. The van der Waals surface area contributed by atoms with Crippen molar-refractivity contribution in [3.8, 4) is 0 Å². The average Bonchev–Trinajstić information content (AvgIpc) is 2.97. The molecule has 0 spiro atoms. The maximum absolute atomic E-state index is 11.3. The maximum Gasteiger partial charge on any atom is 0.186 e. The summed E-state index contributed by atoms with van der Waals surface area (Å²) in [5, 5.41) is 62.6. The fourth-order valence-electron chi connectivity index (χ4n) is 6.00. The van der Waals surface area contributed by atoms with E-state index in [1.165, 1.54) is 0 Å². The van der Waals surface area contributed by atoms with Gasteiger partial charge in [-0.3, -0.25) is 0 Å². The van der Waals surface area contributed by atoms with E-state index in [9.17, 15) is 30.6 Å². The van der Waals surface area contributed by atoms with Crippen molar-refractivity contribution >= 4 is 0 Å². The second-order valence-corrected chi connectivity index (χ2v) is 11.7. The molecule has 4 rings (SSSR count). The van der Waals surface area contributed by atoms with E-state index in [0.29, 0.717) is 0 Å². The number of rotatable bonds is 9. The fraction of sp³-hybridized carbons (Fsp3) is 1.00. The Bertz CT molecular complexity index is 885. The third-order valence-corrected chi connectivity index (χ3v) is 8.66. The van der Waals surface area contributed by atoms with Crippen LogP contribution in [-0.2, 0) is 28.4 Å². The number of hydrogen-bond donors (Lipinski definition) is 13. The summed E-state index contributed by atoms with van der Waals surface area (Å²) >= 11 is 0. The van der Waals surface area contributed by atoms with Gasteiger partial charge in [-0.25, -0.2) is 0 Å². The first kappa shape index (κ1) is 35.1. The van der Waals surface area contributed by atoms with Gasteiger partial charge in [0, 0.05) is 25.2 Å². The predicted octanol–water partition coefficient (Wildman–Crippen LogP) is -8.54. The number of aliphatic hydroxyl groups excluding tert-OH is 6. The minimum absolute atomic E-state index is 0.0263. The Morgan fingerprint density at radius 1 is 0.535 bits per heavy atom. The molecule has 20 N–H and O–H groups in total. The SMILES string of the molecule is NC[C@H]1O[C@H](O[C@@H]2[C@@H](O)[C@H](O[C@H]3O[C@H](CN)[C@@H](O)C[C@H]3N)[C@@H](N)C[C@H]2N)[C@H](N)[C@@H](O)[C@@H]1O[C@H]1O[C@H](CO)[C@@H](O)[C@H](N)[C@H]1O. The molecule has 1 saturated carbocycles. The molecule has 0 radical (unpaired) electrons. The van der Waals surface area contributed by atoms with Crippen molar-refractivity contribution in [3.63, 3.8) is 0 Å². The third-order valence-electron chi connectivity index (χ3n) is 8.66. The first-order valence-corrected chi connectivity index (χ1v) is 14.4. The third kappa shape index (κ3) is 7.30. The molecular weight excluding hydrogens is 578 g/mol. The van der Waals surface area contributed by atoms with Crippen LogP contribution < -0.4 is 40.1 Å². The van der Waals surface area contributed by atoms with Gasteiger partial charge in [0.2, 0.25) is 0 Å². The molecule has 4 aliphatic rings. The van der Waals surface area contributed by atoms with Gasteiger partial charge in [0.15, 0.2) is 18.9 Å². The van der Waals surface area contributed by atoms with E-state index in [2.05, 4.69) is 0 Å². The Balaban J connectivity index is 1.43. The van der Waals surface area contributed by atoms with Crippen LogP contribution in [0, 0.1) is 0 Å². The highest BCUT2D eigenvalue weighted by molar-refractivity contribution is 5.02. The topological polar surface area (TPSA) is 359 Å². The van der Waals surface area contributed by atoms with Gasteiger partial charge in [0.1, 0.15) is 54.9 Å². The lowest BCUT2D eigenvalue weighted by atomic mass is 9.84. The summed E-state index contributed by atoms with van der Waals surface area (Å²) in [4.78, 5) is 0. The molecule has 0 unspecified atom stereocenters. The van der Waals surface area contributed by atoms with Crippen LogP contribution in [0.1, 0.15) is 12.8 Å². The molecular formula is C24H49N7O12. The quantitative estimate of drug-likeness (QED) is 0.113. The van der Waals surface area contributed by atoms with E-state index in [0.717, 1.165) is 0 Å². The summed E-state index contributed by atoms with van der Waals surface area (Å²) in [5.74, 6) is 0. The second-order valence-electron chi connectivity index (χ2n) is 11.7. The molecule has 19 heteroatoms. The van der Waals surface area contributed by atoms with Crippen molar-refractivity contribution in [3.05, 3.63) is 0 Å². The van der Waals surface area contributed by atoms with E-state index in [4.69, 9.17) is 68.6 Å². The van der Waals surface area contributed by atoms with Crippen LogP contribution in [0.5, 0.6) is 0 Å². The molecule has 19 nitrogen and oxygen atoms in total. The van der Waals surface area contributed by atoms with Gasteiger partial charge in [0.25, 0.3) is 0 Å². The Labute approximate surface area is 248 Å². The van der Waals surface area contributed by atoms with Crippen molar-refractivity contribution in [1.82, 2.24) is 0 Å². The van der Waals surface area contributed by atoms with Crippen molar-refractivity contribution in [2.75, 3.05) is 19.7 Å². The van der Waals surface area contributed by atoms with E-state index < -0.39 is 123 Å². The summed E-state index contributed by atoms with van der Waals surface area (Å²) in [7, 11) is 0. The van der Waals surface area contributed by atoms with Gasteiger partial charge in [0.05, 0.1) is 36.9 Å². The van der Waals surface area contributed by atoms with E-state index in [-0.39, 0.29) is 25.9 Å². The van der Waals surface area contributed by atoms with Crippen molar-refractivity contribution < 1.29 is 59.1 Å². The molecule has 1 aliphatic carbocycles. The lowest BCUT2D eigenvalue weighted by molar-refractivity contribution is -0.341. The molecule has 3 saturated heterocycles. The zero-order valence-corrected chi connectivity index (χ0v) is 23.7. The second kappa shape index (κ2) is 14.8. The normalized spacial score (nSPS) is 53.1. The summed E-state index contributed by atoms with van der Waals surface area (Å²) in [6.07, 6.45) is -16.5. The zero-order valence-electron chi connectivity index (χ0n) is 23.7. The highest BCUT2D eigenvalue weighted by Gasteiger charge is 2.52. The van der Waals surface area contributed by atoms with Gasteiger partial charge in [-0.1, -0.05) is 0 Å². The first-order valence-electron chi connectivity index (χ1n) is 14.4. The van der Waals surface area contributed by atoms with Gasteiger partial charge in [-0.15, -0.1) is 0 Å². The van der Waals surface area contributed by atoms with Crippen molar-refractivity contribution in [1.29, 1.82) is 0 Å². The molecule has 19 atom stereocenters. The molecule has 0 aromatic heterocycles. The molecule has 4 fully saturated rings. The standard InChI is InChI=1S/C24H49N7O12/c25-3-10-9(33)2-8(29)22(38-10)41-19-6(27)1-7(28)20(18(19)37)42-23-14(31)16(35)21(11(4-26)39-23)43-24-17(36)13(30)15(34)12(5-32)40-24/h6-24,32-37H,1-5,25-31H2/t6-,7+,8+,9-,10+,11+,12+,13-,14+,15+,16+,17+,18-,19+,20-,21+,22+,23+,24+/m0/s1. The Kier molecular flexibility index (Phi) is 12.1. The van der Waals surface area contributed by atoms with Gasteiger partial charge in [-0.05, 0) is 12.8 Å². The van der Waals surface area contributed by atoms with Crippen molar-refractivity contribution in [2.24, 2.45) is 40.1 Å². The highest BCUT2D eigenvalue weighted by atomic mass is 16.7. The van der Waals surface area contributed by atoms with Gasteiger partial charge >= 0.3 is 0 Å². The molecule has 3 heterocycles.